The summed E-state index contributed by atoms with van der Waals surface area (Å²) in [6, 6.07) is 7.10. The molecule has 1 aromatic carbocycles. The summed E-state index contributed by atoms with van der Waals surface area (Å²) in [7, 11) is 0. The molecule has 4 heteroatoms. The number of H-pyrrole nitrogens is 1. The van der Waals surface area contributed by atoms with E-state index in [0.717, 1.165) is 41.6 Å². The summed E-state index contributed by atoms with van der Waals surface area (Å²) in [6.45, 7) is 0. The van der Waals surface area contributed by atoms with Crippen molar-refractivity contribution in [1.29, 1.82) is 0 Å². The van der Waals surface area contributed by atoms with Crippen molar-refractivity contribution in [3.8, 4) is 11.3 Å². The Bertz CT molecular complexity index is 894. The van der Waals surface area contributed by atoms with E-state index in [1.807, 2.05) is 10.6 Å². The average Bonchev–Trinajstić information content (AvgIpc) is 3.37. The Kier molecular flexibility index (Phi) is 3.13. The van der Waals surface area contributed by atoms with E-state index in [9.17, 15) is 9.18 Å². The normalized spacial score (nSPS) is 35.2. The molecule has 4 bridgehead atoms. The molecule has 2 aromatic rings. The number of hydrogen-bond acceptors (Lipinski definition) is 1. The number of imidazole rings is 1. The predicted octanol–water partition coefficient (Wildman–Crippen LogP) is 4.86. The quantitative estimate of drug-likeness (QED) is 0.842. The minimum absolute atomic E-state index is 0.00978. The van der Waals surface area contributed by atoms with Gasteiger partial charge in [-0.1, -0.05) is 12.1 Å². The molecule has 26 heavy (non-hydrogen) atoms. The third kappa shape index (κ3) is 2.20. The van der Waals surface area contributed by atoms with Crippen LogP contribution in [0.5, 0.6) is 0 Å². The van der Waals surface area contributed by atoms with Gasteiger partial charge in [-0.05, 0) is 80.8 Å². The van der Waals surface area contributed by atoms with Gasteiger partial charge in [-0.25, -0.2) is 9.18 Å². The molecule has 0 aliphatic heterocycles. The number of rotatable bonds is 3. The van der Waals surface area contributed by atoms with E-state index in [1.54, 1.807) is 12.1 Å². The number of hydrogen-bond donors (Lipinski definition) is 1. The van der Waals surface area contributed by atoms with Crippen LogP contribution in [0.4, 0.5) is 4.39 Å². The Balaban J connectivity index is 1.52. The molecule has 0 saturated heterocycles. The predicted molar refractivity (Wildman–Crippen MR) is 98.5 cm³/mol. The van der Waals surface area contributed by atoms with Crippen LogP contribution in [0.3, 0.4) is 0 Å². The third-order valence-corrected chi connectivity index (χ3v) is 7.53. The summed E-state index contributed by atoms with van der Waals surface area (Å²) < 4.78 is 15.9. The molecule has 3 nitrogen and oxygen atoms in total. The molecule has 5 aliphatic rings. The van der Waals surface area contributed by atoms with Crippen LogP contribution in [0.2, 0.25) is 0 Å². The molecule has 5 aliphatic carbocycles. The molecule has 1 N–H and O–H groups in total. The second-order valence-corrected chi connectivity index (χ2v) is 9.26. The number of aromatic nitrogens is 2. The van der Waals surface area contributed by atoms with Crippen LogP contribution >= 0.6 is 0 Å². The minimum atomic E-state index is -0.227. The van der Waals surface area contributed by atoms with E-state index < -0.39 is 0 Å². The Labute approximate surface area is 152 Å². The van der Waals surface area contributed by atoms with Crippen molar-refractivity contribution in [2.45, 2.75) is 56.9 Å². The highest BCUT2D eigenvalue weighted by Crippen LogP contribution is 2.60. The zero-order valence-electron chi connectivity index (χ0n) is 15.0. The standard InChI is InChI=1S/C22H25FN2O/c23-17-3-1-2-14(11-17)21-20(24-22(26)25(21)18-4-5-18)19-15-7-12-6-13(9-15)10-16(19)8-12/h1-3,11-13,15-16,18-19H,4-10H2,(H,24,26). The number of nitrogens with one attached hydrogen (secondary N) is 1. The first-order valence-electron chi connectivity index (χ1n) is 10.3. The van der Waals surface area contributed by atoms with Crippen molar-refractivity contribution in [3.05, 3.63) is 46.3 Å². The van der Waals surface area contributed by atoms with Gasteiger partial charge in [-0.2, -0.15) is 0 Å². The summed E-state index contributed by atoms with van der Waals surface area (Å²) in [5.74, 6) is 3.43. The molecule has 0 amide bonds. The first kappa shape index (κ1) is 15.2. The summed E-state index contributed by atoms with van der Waals surface area (Å²) in [5.41, 5.74) is 2.96. The van der Waals surface area contributed by atoms with Crippen molar-refractivity contribution >= 4 is 0 Å². The van der Waals surface area contributed by atoms with E-state index in [4.69, 9.17) is 0 Å². The first-order valence-corrected chi connectivity index (χ1v) is 10.3. The fraction of sp³-hybridized carbons (Fsp3) is 0.591. The maximum Gasteiger partial charge on any atom is 0.326 e. The van der Waals surface area contributed by atoms with E-state index in [0.29, 0.717) is 23.8 Å². The first-order chi connectivity index (χ1) is 12.7. The molecule has 1 heterocycles. The lowest BCUT2D eigenvalue weighted by atomic mass is 9.51. The molecule has 0 unspecified atom stereocenters. The molecule has 5 fully saturated rings. The smallest absolute Gasteiger partial charge is 0.309 e. The highest BCUT2D eigenvalue weighted by atomic mass is 19.1. The lowest BCUT2D eigenvalue weighted by Gasteiger charge is -2.54. The van der Waals surface area contributed by atoms with E-state index in [1.165, 1.54) is 38.2 Å². The Morgan fingerprint density at radius 1 is 1.00 bits per heavy atom. The van der Waals surface area contributed by atoms with Gasteiger partial charge in [0.25, 0.3) is 0 Å². The van der Waals surface area contributed by atoms with Gasteiger partial charge in [0.2, 0.25) is 0 Å². The van der Waals surface area contributed by atoms with Gasteiger partial charge in [0.1, 0.15) is 5.82 Å². The lowest BCUT2D eigenvalue weighted by molar-refractivity contribution is -0.00389. The molecule has 1 aromatic heterocycles. The van der Waals surface area contributed by atoms with Crippen molar-refractivity contribution in [2.24, 2.45) is 23.7 Å². The van der Waals surface area contributed by atoms with Crippen molar-refractivity contribution < 1.29 is 4.39 Å². The molecular weight excluding hydrogens is 327 g/mol. The molecule has 0 radical (unpaired) electrons. The number of benzene rings is 1. The van der Waals surface area contributed by atoms with Gasteiger partial charge in [-0.3, -0.25) is 4.57 Å². The minimum Gasteiger partial charge on any atom is -0.309 e. The maximum atomic E-state index is 14.0. The maximum absolute atomic E-state index is 14.0. The largest absolute Gasteiger partial charge is 0.326 e. The summed E-state index contributed by atoms with van der Waals surface area (Å²) in [6.07, 6.45) is 8.81. The van der Waals surface area contributed by atoms with E-state index >= 15 is 0 Å². The lowest BCUT2D eigenvalue weighted by Crippen LogP contribution is -2.44. The van der Waals surface area contributed by atoms with Gasteiger partial charge in [0.05, 0.1) is 5.69 Å². The van der Waals surface area contributed by atoms with E-state index in [-0.39, 0.29) is 11.5 Å². The molecule has 0 atom stereocenters. The number of aromatic amines is 1. The highest BCUT2D eigenvalue weighted by Gasteiger charge is 2.50. The summed E-state index contributed by atoms with van der Waals surface area (Å²) in [4.78, 5) is 16.1. The Morgan fingerprint density at radius 3 is 2.31 bits per heavy atom. The van der Waals surface area contributed by atoms with Crippen molar-refractivity contribution in [3.63, 3.8) is 0 Å². The van der Waals surface area contributed by atoms with Gasteiger partial charge in [-0.15, -0.1) is 0 Å². The SMILES string of the molecule is O=c1[nH]c(C2C3CC4CC(C3)CC2C4)c(-c2cccc(F)c2)n1C1CC1. The van der Waals surface area contributed by atoms with Crippen LogP contribution < -0.4 is 5.69 Å². The van der Waals surface area contributed by atoms with Gasteiger partial charge < -0.3 is 4.98 Å². The average molecular weight is 352 g/mol. The second kappa shape index (κ2) is 5.34. The van der Waals surface area contributed by atoms with Crippen molar-refractivity contribution in [2.75, 3.05) is 0 Å². The molecule has 136 valence electrons. The zero-order valence-corrected chi connectivity index (χ0v) is 15.0. The van der Waals surface area contributed by atoms with Gasteiger partial charge in [0.15, 0.2) is 0 Å². The van der Waals surface area contributed by atoms with Crippen LogP contribution in [-0.2, 0) is 0 Å². The van der Waals surface area contributed by atoms with Crippen molar-refractivity contribution in [1.82, 2.24) is 9.55 Å². The molecule has 0 spiro atoms. The van der Waals surface area contributed by atoms with Crippen LogP contribution in [0.25, 0.3) is 11.3 Å². The highest BCUT2D eigenvalue weighted by molar-refractivity contribution is 5.64. The molecule has 5 saturated carbocycles. The summed E-state index contributed by atoms with van der Waals surface area (Å²) in [5, 5.41) is 0. The third-order valence-electron chi connectivity index (χ3n) is 7.53. The van der Waals surface area contributed by atoms with E-state index in [2.05, 4.69) is 4.98 Å². The zero-order chi connectivity index (χ0) is 17.4. The second-order valence-electron chi connectivity index (χ2n) is 9.26. The topological polar surface area (TPSA) is 37.8 Å². The monoisotopic (exact) mass is 352 g/mol. The molecule has 7 rings (SSSR count). The summed E-state index contributed by atoms with van der Waals surface area (Å²) >= 11 is 0. The van der Waals surface area contributed by atoms with Crippen LogP contribution in [0, 0.1) is 29.5 Å². The van der Waals surface area contributed by atoms with Crippen LogP contribution in [-0.4, -0.2) is 9.55 Å². The van der Waals surface area contributed by atoms with Gasteiger partial charge in [0, 0.05) is 23.2 Å². The van der Waals surface area contributed by atoms with Crippen LogP contribution in [0.15, 0.2) is 29.1 Å². The van der Waals surface area contributed by atoms with Crippen LogP contribution in [0.1, 0.15) is 62.6 Å². The fourth-order valence-electron chi connectivity index (χ4n) is 6.72. The number of nitrogens with zero attached hydrogens (tertiary/aromatic N) is 1. The Hall–Kier alpha value is -1.84. The Morgan fingerprint density at radius 2 is 1.69 bits per heavy atom. The molecular formula is C22H25FN2O. The fourth-order valence-corrected chi connectivity index (χ4v) is 6.72. The van der Waals surface area contributed by atoms with Gasteiger partial charge >= 0.3 is 5.69 Å². The number of halogens is 1.